The van der Waals surface area contributed by atoms with Gasteiger partial charge in [-0.3, -0.25) is 19.7 Å². The van der Waals surface area contributed by atoms with Crippen molar-refractivity contribution < 1.29 is 14.5 Å². The molecule has 0 saturated carbocycles. The predicted molar refractivity (Wildman–Crippen MR) is 129 cm³/mol. The van der Waals surface area contributed by atoms with Crippen LogP contribution in [0, 0.1) is 10.1 Å². The highest BCUT2D eigenvalue weighted by molar-refractivity contribution is 6.30. The summed E-state index contributed by atoms with van der Waals surface area (Å²) >= 11 is 5.89. The van der Waals surface area contributed by atoms with E-state index in [0.29, 0.717) is 35.1 Å². The Morgan fingerprint density at radius 2 is 1.48 bits per heavy atom. The maximum Gasteiger partial charge on any atom is 0.292 e. The summed E-state index contributed by atoms with van der Waals surface area (Å²) < 4.78 is 0. The van der Waals surface area contributed by atoms with E-state index in [1.54, 1.807) is 53.4 Å². The van der Waals surface area contributed by atoms with Gasteiger partial charge in [0.05, 0.1) is 4.92 Å². The fraction of sp³-hybridized carbons (Fsp3) is 0.167. The van der Waals surface area contributed by atoms with Crippen LogP contribution < -0.4 is 10.6 Å². The molecule has 33 heavy (non-hydrogen) atoms. The van der Waals surface area contributed by atoms with Gasteiger partial charge >= 0.3 is 0 Å². The van der Waals surface area contributed by atoms with Crippen LogP contribution in [0.4, 0.5) is 22.7 Å². The van der Waals surface area contributed by atoms with Crippen LogP contribution in [0.3, 0.4) is 0 Å². The van der Waals surface area contributed by atoms with E-state index in [1.165, 1.54) is 18.2 Å². The molecule has 0 aromatic heterocycles. The first kappa shape index (κ1) is 23.7. The number of rotatable bonds is 8. The first-order chi connectivity index (χ1) is 15.8. The smallest absolute Gasteiger partial charge is 0.292 e. The summed E-state index contributed by atoms with van der Waals surface area (Å²) in [6, 6.07) is 17.3. The molecule has 0 aliphatic rings. The number of carbonyl (C=O) groups is 2. The summed E-state index contributed by atoms with van der Waals surface area (Å²) in [5, 5.41) is 17.7. The van der Waals surface area contributed by atoms with Crippen LogP contribution in [-0.2, 0) is 0 Å². The molecule has 0 aliphatic heterocycles. The van der Waals surface area contributed by atoms with Gasteiger partial charge in [0, 0.05) is 46.7 Å². The third-order valence-corrected chi connectivity index (χ3v) is 5.27. The van der Waals surface area contributed by atoms with E-state index < -0.39 is 10.8 Å². The molecule has 0 saturated heterocycles. The highest BCUT2D eigenvalue weighted by Crippen LogP contribution is 2.29. The average molecular weight is 467 g/mol. The molecule has 9 heteroatoms. The second-order valence-corrected chi connectivity index (χ2v) is 7.57. The van der Waals surface area contributed by atoms with Gasteiger partial charge in [-0.25, -0.2) is 0 Å². The van der Waals surface area contributed by atoms with E-state index in [-0.39, 0.29) is 22.8 Å². The van der Waals surface area contributed by atoms with E-state index in [0.717, 1.165) is 0 Å². The fourth-order valence-electron chi connectivity index (χ4n) is 3.22. The minimum Gasteiger partial charge on any atom is -0.350 e. The van der Waals surface area contributed by atoms with Crippen LogP contribution in [0.1, 0.15) is 34.6 Å². The molecule has 2 amide bonds. The van der Waals surface area contributed by atoms with Crippen LogP contribution in [0.5, 0.6) is 0 Å². The summed E-state index contributed by atoms with van der Waals surface area (Å²) in [5.41, 5.74) is 1.87. The van der Waals surface area contributed by atoms with Crippen LogP contribution >= 0.6 is 11.6 Å². The van der Waals surface area contributed by atoms with Crippen LogP contribution in [0.25, 0.3) is 0 Å². The minimum atomic E-state index is -0.522. The second-order valence-electron chi connectivity index (χ2n) is 7.13. The Bertz CT molecular complexity index is 1160. The number of anilines is 3. The molecule has 0 aliphatic carbocycles. The van der Waals surface area contributed by atoms with E-state index in [2.05, 4.69) is 10.6 Å². The zero-order chi connectivity index (χ0) is 24.0. The minimum absolute atomic E-state index is 0.0776. The number of carbonyl (C=O) groups excluding carboxylic acids is 2. The number of halogens is 1. The van der Waals surface area contributed by atoms with Crippen molar-refractivity contribution in [3.63, 3.8) is 0 Å². The molecule has 8 nitrogen and oxygen atoms in total. The van der Waals surface area contributed by atoms with Crippen molar-refractivity contribution in [2.45, 2.75) is 13.8 Å². The Hall–Kier alpha value is -3.91. The number of hydrogen-bond acceptors (Lipinski definition) is 5. The van der Waals surface area contributed by atoms with Gasteiger partial charge in [-0.05, 0) is 74.5 Å². The number of amides is 2. The van der Waals surface area contributed by atoms with Crippen molar-refractivity contribution in [3.05, 3.63) is 93.0 Å². The van der Waals surface area contributed by atoms with E-state index in [4.69, 9.17) is 11.6 Å². The Morgan fingerprint density at radius 1 is 0.909 bits per heavy atom. The van der Waals surface area contributed by atoms with Crippen molar-refractivity contribution in [2.24, 2.45) is 0 Å². The number of nitro groups is 1. The molecule has 0 spiro atoms. The summed E-state index contributed by atoms with van der Waals surface area (Å²) in [7, 11) is 0. The van der Waals surface area contributed by atoms with Crippen molar-refractivity contribution >= 4 is 46.2 Å². The highest BCUT2D eigenvalue weighted by Gasteiger charge is 2.18. The first-order valence-electron chi connectivity index (χ1n) is 10.3. The quantitative estimate of drug-likeness (QED) is 0.326. The summed E-state index contributed by atoms with van der Waals surface area (Å²) in [5.74, 6) is -0.516. The molecule has 0 atom stereocenters. The Morgan fingerprint density at radius 3 is 2.06 bits per heavy atom. The lowest BCUT2D eigenvalue weighted by molar-refractivity contribution is -0.383. The van der Waals surface area contributed by atoms with Crippen LogP contribution in [-0.4, -0.2) is 34.7 Å². The monoisotopic (exact) mass is 466 g/mol. The Labute approximate surface area is 196 Å². The van der Waals surface area contributed by atoms with Gasteiger partial charge in [0.1, 0.15) is 5.69 Å². The molecule has 0 fully saturated rings. The molecule has 0 bridgehead atoms. The molecule has 3 aromatic rings. The van der Waals surface area contributed by atoms with Gasteiger partial charge in [0.2, 0.25) is 0 Å². The third kappa shape index (κ3) is 5.87. The van der Waals surface area contributed by atoms with Crippen LogP contribution in [0.2, 0.25) is 5.02 Å². The predicted octanol–water partition coefficient (Wildman–Crippen LogP) is 5.73. The number of nitro benzene ring substituents is 1. The second kappa shape index (κ2) is 10.6. The van der Waals surface area contributed by atoms with Crippen LogP contribution in [0.15, 0.2) is 66.7 Å². The van der Waals surface area contributed by atoms with Gasteiger partial charge in [-0.15, -0.1) is 0 Å². The van der Waals surface area contributed by atoms with Crippen molar-refractivity contribution in [2.75, 3.05) is 23.7 Å². The van der Waals surface area contributed by atoms with Gasteiger partial charge < -0.3 is 15.5 Å². The summed E-state index contributed by atoms with van der Waals surface area (Å²) in [6.45, 7) is 5.05. The number of benzene rings is 3. The molecule has 3 aromatic carbocycles. The van der Waals surface area contributed by atoms with E-state index in [1.807, 2.05) is 13.8 Å². The molecule has 0 unspecified atom stereocenters. The molecule has 0 radical (unpaired) electrons. The first-order valence-corrected chi connectivity index (χ1v) is 10.7. The lowest BCUT2D eigenvalue weighted by atomic mass is 10.1. The van der Waals surface area contributed by atoms with E-state index >= 15 is 0 Å². The molecular formula is C24H23ClN4O4. The standard InChI is InChI=1S/C24H23ClN4O4/c1-3-28(4-2)24(31)16-5-10-20(11-6-16)27-23(30)17-7-14-22(29(32)33)21(15-17)26-19-12-8-18(25)9-13-19/h5-15,26H,3-4H2,1-2H3,(H,27,30). The number of nitrogens with one attached hydrogen (secondary N) is 2. The summed E-state index contributed by atoms with van der Waals surface area (Å²) in [6.07, 6.45) is 0. The van der Waals surface area contributed by atoms with E-state index in [9.17, 15) is 19.7 Å². The highest BCUT2D eigenvalue weighted by atomic mass is 35.5. The molecule has 0 heterocycles. The summed E-state index contributed by atoms with van der Waals surface area (Å²) in [4.78, 5) is 37.8. The van der Waals surface area contributed by atoms with Gasteiger partial charge in [0.15, 0.2) is 0 Å². The zero-order valence-electron chi connectivity index (χ0n) is 18.2. The fourth-order valence-corrected chi connectivity index (χ4v) is 3.34. The topological polar surface area (TPSA) is 105 Å². The SMILES string of the molecule is CCN(CC)C(=O)c1ccc(NC(=O)c2ccc([N+](=O)[O-])c(Nc3ccc(Cl)cc3)c2)cc1. The Kier molecular flexibility index (Phi) is 7.63. The molecule has 170 valence electrons. The largest absolute Gasteiger partial charge is 0.350 e. The zero-order valence-corrected chi connectivity index (χ0v) is 18.9. The third-order valence-electron chi connectivity index (χ3n) is 5.02. The van der Waals surface area contributed by atoms with Crippen molar-refractivity contribution in [1.82, 2.24) is 4.90 Å². The number of hydrogen-bond donors (Lipinski definition) is 2. The van der Waals surface area contributed by atoms with Crippen molar-refractivity contribution in [3.8, 4) is 0 Å². The molecule has 3 rings (SSSR count). The lowest BCUT2D eigenvalue weighted by Crippen LogP contribution is -2.30. The normalized spacial score (nSPS) is 10.4. The van der Waals surface area contributed by atoms with Crippen molar-refractivity contribution in [1.29, 1.82) is 0 Å². The lowest BCUT2D eigenvalue weighted by Gasteiger charge is -2.18. The maximum atomic E-state index is 12.8. The maximum absolute atomic E-state index is 12.8. The molecule has 2 N–H and O–H groups in total. The van der Waals surface area contributed by atoms with Gasteiger partial charge in [-0.2, -0.15) is 0 Å². The average Bonchev–Trinajstić information content (AvgIpc) is 2.81. The molecular weight excluding hydrogens is 444 g/mol. The number of nitrogens with zero attached hydrogens (tertiary/aromatic N) is 2. The Balaban J connectivity index is 1.78. The van der Waals surface area contributed by atoms with Gasteiger partial charge in [-0.1, -0.05) is 11.6 Å². The van der Waals surface area contributed by atoms with Gasteiger partial charge in [0.25, 0.3) is 17.5 Å².